The number of amides is 1. The Kier molecular flexibility index (Phi) is 5.60. The van der Waals surface area contributed by atoms with Gasteiger partial charge in [0.05, 0.1) is 5.92 Å². The second-order valence-corrected chi connectivity index (χ2v) is 7.78. The van der Waals surface area contributed by atoms with E-state index in [4.69, 9.17) is 5.73 Å². The van der Waals surface area contributed by atoms with Gasteiger partial charge in [-0.1, -0.05) is 18.2 Å². The van der Waals surface area contributed by atoms with Crippen LogP contribution in [0.1, 0.15) is 31.2 Å². The molecule has 1 saturated carbocycles. The van der Waals surface area contributed by atoms with Crippen molar-refractivity contribution in [1.29, 1.82) is 0 Å². The maximum Gasteiger partial charge on any atom is 0.222 e. The number of primary amides is 1. The number of aromatic nitrogens is 2. The highest BCUT2D eigenvalue weighted by Gasteiger charge is 2.25. The molecule has 4 N–H and O–H groups in total. The van der Waals surface area contributed by atoms with E-state index in [-0.39, 0.29) is 11.8 Å². The van der Waals surface area contributed by atoms with E-state index in [9.17, 15) is 4.79 Å². The SMILES string of the molecule is NC(=O)C1CCCN(c2ccccc2CNc2cc(NCC3CC3)ncn2)C1. The van der Waals surface area contributed by atoms with Crippen molar-refractivity contribution in [1.82, 2.24) is 9.97 Å². The van der Waals surface area contributed by atoms with Crippen LogP contribution in [-0.2, 0) is 11.3 Å². The topological polar surface area (TPSA) is 96.2 Å². The molecule has 2 aliphatic rings. The fourth-order valence-corrected chi connectivity index (χ4v) is 3.70. The summed E-state index contributed by atoms with van der Waals surface area (Å²) in [4.78, 5) is 22.5. The van der Waals surface area contributed by atoms with Crippen LogP contribution in [0.5, 0.6) is 0 Å². The summed E-state index contributed by atoms with van der Waals surface area (Å²) in [7, 11) is 0. The van der Waals surface area contributed by atoms with Gasteiger partial charge in [0.1, 0.15) is 18.0 Å². The van der Waals surface area contributed by atoms with Crippen molar-refractivity contribution in [3.05, 3.63) is 42.2 Å². The number of hydrogen-bond donors (Lipinski definition) is 3. The Morgan fingerprint density at radius 3 is 2.71 bits per heavy atom. The Bertz CT molecular complexity index is 822. The molecule has 1 aromatic carbocycles. The Hall–Kier alpha value is -2.83. The number of nitrogens with zero attached hydrogens (tertiary/aromatic N) is 3. The van der Waals surface area contributed by atoms with Crippen molar-refractivity contribution >= 4 is 23.2 Å². The fraction of sp³-hybridized carbons (Fsp3) is 0.476. The van der Waals surface area contributed by atoms with E-state index in [0.29, 0.717) is 13.1 Å². The summed E-state index contributed by atoms with van der Waals surface area (Å²) in [5.41, 5.74) is 7.88. The van der Waals surface area contributed by atoms with E-state index in [0.717, 1.165) is 49.2 Å². The lowest BCUT2D eigenvalue weighted by atomic mass is 9.96. The van der Waals surface area contributed by atoms with Crippen LogP contribution in [0, 0.1) is 11.8 Å². The third-order valence-electron chi connectivity index (χ3n) is 5.55. The minimum Gasteiger partial charge on any atom is -0.370 e. The van der Waals surface area contributed by atoms with Gasteiger partial charge < -0.3 is 21.3 Å². The molecule has 1 aromatic heterocycles. The Labute approximate surface area is 165 Å². The smallest absolute Gasteiger partial charge is 0.222 e. The summed E-state index contributed by atoms with van der Waals surface area (Å²) < 4.78 is 0. The summed E-state index contributed by atoms with van der Waals surface area (Å²) in [6.45, 7) is 3.28. The number of nitrogens with one attached hydrogen (secondary N) is 2. The van der Waals surface area contributed by atoms with E-state index in [1.807, 2.05) is 18.2 Å². The van der Waals surface area contributed by atoms with Gasteiger partial charge in [-0.15, -0.1) is 0 Å². The van der Waals surface area contributed by atoms with Crippen LogP contribution in [0.3, 0.4) is 0 Å². The highest BCUT2D eigenvalue weighted by atomic mass is 16.1. The fourth-order valence-electron chi connectivity index (χ4n) is 3.70. The Morgan fingerprint density at radius 1 is 1.14 bits per heavy atom. The summed E-state index contributed by atoms with van der Waals surface area (Å²) >= 11 is 0. The summed E-state index contributed by atoms with van der Waals surface area (Å²) in [6, 6.07) is 10.3. The van der Waals surface area contributed by atoms with Gasteiger partial charge in [-0.25, -0.2) is 9.97 Å². The number of carbonyl (C=O) groups excluding carboxylic acids is 1. The van der Waals surface area contributed by atoms with Crippen molar-refractivity contribution < 1.29 is 4.79 Å². The lowest BCUT2D eigenvalue weighted by Crippen LogP contribution is -2.41. The van der Waals surface area contributed by atoms with Crippen LogP contribution in [0.2, 0.25) is 0 Å². The molecule has 4 rings (SSSR count). The minimum atomic E-state index is -0.201. The van der Waals surface area contributed by atoms with Crippen molar-refractivity contribution in [2.24, 2.45) is 17.6 Å². The number of benzene rings is 1. The second-order valence-electron chi connectivity index (χ2n) is 7.78. The van der Waals surface area contributed by atoms with E-state index in [2.05, 4.69) is 37.6 Å². The Morgan fingerprint density at radius 2 is 1.93 bits per heavy atom. The number of anilines is 3. The molecular weight excluding hydrogens is 352 g/mol. The van der Waals surface area contributed by atoms with Gasteiger partial charge in [-0.3, -0.25) is 4.79 Å². The monoisotopic (exact) mass is 380 g/mol. The normalized spacial score (nSPS) is 19.3. The zero-order valence-corrected chi connectivity index (χ0v) is 16.1. The molecule has 2 fully saturated rings. The molecule has 7 nitrogen and oxygen atoms in total. The number of piperidine rings is 1. The van der Waals surface area contributed by atoms with Crippen LogP contribution >= 0.6 is 0 Å². The number of hydrogen-bond acceptors (Lipinski definition) is 6. The summed E-state index contributed by atoms with van der Waals surface area (Å²) in [5, 5.41) is 6.79. The third kappa shape index (κ3) is 4.71. The first-order valence-corrected chi connectivity index (χ1v) is 10.1. The number of carbonyl (C=O) groups is 1. The van der Waals surface area contributed by atoms with Crippen molar-refractivity contribution in [2.45, 2.75) is 32.2 Å². The van der Waals surface area contributed by atoms with Gasteiger partial charge in [0.2, 0.25) is 5.91 Å². The lowest BCUT2D eigenvalue weighted by Gasteiger charge is -2.34. The van der Waals surface area contributed by atoms with E-state index in [1.165, 1.54) is 18.4 Å². The van der Waals surface area contributed by atoms with Crippen LogP contribution in [-0.4, -0.2) is 35.5 Å². The molecule has 0 bridgehead atoms. The van der Waals surface area contributed by atoms with Crippen LogP contribution in [0.25, 0.3) is 0 Å². The third-order valence-corrected chi connectivity index (χ3v) is 5.55. The molecule has 148 valence electrons. The van der Waals surface area contributed by atoms with Gasteiger partial charge in [-0.05, 0) is 43.2 Å². The highest BCUT2D eigenvalue weighted by molar-refractivity contribution is 5.77. The molecule has 1 atom stereocenters. The molecule has 1 unspecified atom stereocenters. The second kappa shape index (κ2) is 8.46. The van der Waals surface area contributed by atoms with Gasteiger partial charge in [0, 0.05) is 37.9 Å². The standard InChI is InChI=1S/C21H28N6O/c22-21(28)17-5-3-9-27(13-17)18-6-2-1-4-16(18)12-24-20-10-19(25-14-26-20)23-11-15-7-8-15/h1-2,4,6,10,14-15,17H,3,5,7-9,11-13H2,(H2,22,28)(H2,23,24,25,26). The predicted octanol–water partition coefficient (Wildman–Crippen LogP) is 2.61. The first-order valence-electron chi connectivity index (χ1n) is 10.1. The van der Waals surface area contributed by atoms with Gasteiger partial charge in [0.15, 0.2) is 0 Å². The molecule has 1 amide bonds. The molecule has 0 radical (unpaired) electrons. The quantitative estimate of drug-likeness (QED) is 0.651. The maximum atomic E-state index is 11.6. The maximum absolute atomic E-state index is 11.6. The molecule has 1 saturated heterocycles. The van der Waals surface area contributed by atoms with Crippen LogP contribution in [0.15, 0.2) is 36.7 Å². The summed E-state index contributed by atoms with van der Waals surface area (Å²) in [5.74, 6) is 2.19. The average molecular weight is 380 g/mol. The zero-order valence-electron chi connectivity index (χ0n) is 16.1. The van der Waals surface area contributed by atoms with E-state index >= 15 is 0 Å². The number of rotatable bonds is 8. The largest absolute Gasteiger partial charge is 0.370 e. The summed E-state index contributed by atoms with van der Waals surface area (Å²) in [6.07, 6.45) is 6.08. The first kappa shape index (κ1) is 18.5. The van der Waals surface area contributed by atoms with Crippen molar-refractivity contribution in [3.8, 4) is 0 Å². The molecule has 2 heterocycles. The lowest BCUT2D eigenvalue weighted by molar-refractivity contribution is -0.122. The molecule has 28 heavy (non-hydrogen) atoms. The van der Waals surface area contributed by atoms with Gasteiger partial charge >= 0.3 is 0 Å². The minimum absolute atomic E-state index is 0.0725. The van der Waals surface area contributed by atoms with E-state index in [1.54, 1.807) is 6.33 Å². The van der Waals surface area contributed by atoms with Crippen LogP contribution in [0.4, 0.5) is 17.3 Å². The number of nitrogens with two attached hydrogens (primary N) is 1. The molecule has 2 aromatic rings. The van der Waals surface area contributed by atoms with E-state index < -0.39 is 0 Å². The van der Waals surface area contributed by atoms with Crippen molar-refractivity contribution in [2.75, 3.05) is 35.2 Å². The molecule has 1 aliphatic carbocycles. The Balaban J connectivity index is 1.41. The molecule has 1 aliphatic heterocycles. The molecular formula is C21H28N6O. The predicted molar refractivity (Wildman–Crippen MR) is 111 cm³/mol. The van der Waals surface area contributed by atoms with Gasteiger partial charge in [-0.2, -0.15) is 0 Å². The zero-order chi connectivity index (χ0) is 19.3. The average Bonchev–Trinajstić information content (AvgIpc) is 3.56. The molecule has 0 spiro atoms. The highest BCUT2D eigenvalue weighted by Crippen LogP contribution is 2.29. The van der Waals surface area contributed by atoms with Crippen LogP contribution < -0.4 is 21.3 Å². The molecule has 7 heteroatoms. The van der Waals surface area contributed by atoms with Gasteiger partial charge in [0.25, 0.3) is 0 Å². The first-order chi connectivity index (χ1) is 13.7. The number of para-hydroxylation sites is 1. The van der Waals surface area contributed by atoms with Crippen molar-refractivity contribution in [3.63, 3.8) is 0 Å².